The molecule has 0 radical (unpaired) electrons. The molecule has 94 valence electrons. The Bertz CT molecular complexity index is 558. The van der Waals surface area contributed by atoms with Crippen molar-refractivity contribution in [2.24, 2.45) is 0 Å². The number of nitrogens with zero attached hydrogens (tertiary/aromatic N) is 2. The number of alkyl halides is 2. The normalized spacial score (nSPS) is 10.7. The summed E-state index contributed by atoms with van der Waals surface area (Å²) >= 11 is 0. The smallest absolute Gasteiger partial charge is 0.387 e. The molecule has 0 bridgehead atoms. The largest absolute Gasteiger partial charge is 0.433 e. The summed E-state index contributed by atoms with van der Waals surface area (Å²) in [6.07, 6.45) is 2.81. The Balaban J connectivity index is 2.35. The first-order valence-corrected chi connectivity index (χ1v) is 5.41. The molecule has 2 heterocycles. The lowest BCUT2D eigenvalue weighted by Gasteiger charge is -2.07. The van der Waals surface area contributed by atoms with Gasteiger partial charge in [0.1, 0.15) is 5.75 Å². The Morgan fingerprint density at radius 3 is 2.61 bits per heavy atom. The van der Waals surface area contributed by atoms with Gasteiger partial charge in [0.2, 0.25) is 0 Å². The van der Waals surface area contributed by atoms with Gasteiger partial charge in [0.15, 0.2) is 0 Å². The van der Waals surface area contributed by atoms with Crippen LogP contribution in [0, 0.1) is 13.8 Å². The average molecular weight is 250 g/mol. The van der Waals surface area contributed by atoms with Gasteiger partial charge in [-0.3, -0.25) is 9.97 Å². The number of hydrogen-bond acceptors (Lipinski definition) is 3. The molecule has 0 saturated heterocycles. The van der Waals surface area contributed by atoms with Gasteiger partial charge < -0.3 is 4.74 Å². The molecule has 0 N–H and O–H groups in total. The second-order valence-corrected chi connectivity index (χ2v) is 3.89. The third kappa shape index (κ3) is 2.80. The van der Waals surface area contributed by atoms with Crippen molar-refractivity contribution in [2.45, 2.75) is 20.5 Å². The monoisotopic (exact) mass is 250 g/mol. The topological polar surface area (TPSA) is 35.0 Å². The molecule has 0 amide bonds. The molecule has 0 unspecified atom stereocenters. The molecule has 0 aliphatic rings. The van der Waals surface area contributed by atoms with Crippen molar-refractivity contribution in [3.8, 4) is 17.0 Å². The van der Waals surface area contributed by atoms with Crippen LogP contribution in [0.4, 0.5) is 8.78 Å². The van der Waals surface area contributed by atoms with Crippen molar-refractivity contribution in [1.29, 1.82) is 0 Å². The predicted molar refractivity (Wildman–Crippen MR) is 63.6 cm³/mol. The van der Waals surface area contributed by atoms with Crippen LogP contribution in [-0.2, 0) is 0 Å². The van der Waals surface area contributed by atoms with Gasteiger partial charge >= 0.3 is 6.61 Å². The van der Waals surface area contributed by atoms with Crippen molar-refractivity contribution in [3.05, 3.63) is 41.9 Å². The molecule has 18 heavy (non-hydrogen) atoms. The zero-order valence-electron chi connectivity index (χ0n) is 10.0. The van der Waals surface area contributed by atoms with Crippen molar-refractivity contribution in [3.63, 3.8) is 0 Å². The van der Waals surface area contributed by atoms with E-state index in [1.807, 2.05) is 26.0 Å². The molecule has 0 aliphatic carbocycles. The summed E-state index contributed by atoms with van der Waals surface area (Å²) in [7, 11) is 0. The van der Waals surface area contributed by atoms with Crippen molar-refractivity contribution in [1.82, 2.24) is 9.97 Å². The van der Waals surface area contributed by atoms with E-state index in [4.69, 9.17) is 0 Å². The Morgan fingerprint density at radius 2 is 1.94 bits per heavy atom. The summed E-state index contributed by atoms with van der Waals surface area (Å²) in [6.45, 7) is 1.00. The van der Waals surface area contributed by atoms with E-state index in [0.29, 0.717) is 11.3 Å². The molecule has 0 aliphatic heterocycles. The Kier molecular flexibility index (Phi) is 3.50. The predicted octanol–water partition coefficient (Wildman–Crippen LogP) is 3.36. The maximum atomic E-state index is 12.1. The van der Waals surface area contributed by atoms with Crippen LogP contribution in [0.3, 0.4) is 0 Å². The molecule has 2 rings (SSSR count). The minimum Gasteiger partial charge on any atom is -0.433 e. The van der Waals surface area contributed by atoms with E-state index < -0.39 is 6.61 Å². The van der Waals surface area contributed by atoms with Crippen LogP contribution in [0.5, 0.6) is 5.75 Å². The number of rotatable bonds is 3. The first-order chi connectivity index (χ1) is 8.56. The molecule has 2 aromatic rings. The second-order valence-electron chi connectivity index (χ2n) is 3.89. The summed E-state index contributed by atoms with van der Waals surface area (Å²) in [6, 6.07) is 5.25. The minimum atomic E-state index is -2.85. The molecule has 5 heteroatoms. The summed E-state index contributed by atoms with van der Waals surface area (Å²) in [5, 5.41) is 0. The fourth-order valence-corrected chi connectivity index (χ4v) is 1.52. The van der Waals surface area contributed by atoms with E-state index in [0.717, 1.165) is 11.3 Å². The van der Waals surface area contributed by atoms with Gasteiger partial charge in [-0.2, -0.15) is 8.78 Å². The fraction of sp³-hybridized carbons (Fsp3) is 0.231. The average Bonchev–Trinajstić information content (AvgIpc) is 2.32. The first-order valence-electron chi connectivity index (χ1n) is 5.41. The van der Waals surface area contributed by atoms with E-state index in [-0.39, 0.29) is 5.75 Å². The summed E-state index contributed by atoms with van der Waals surface area (Å²) in [5.41, 5.74) is 3.31. The summed E-state index contributed by atoms with van der Waals surface area (Å²) < 4.78 is 28.5. The van der Waals surface area contributed by atoms with Gasteiger partial charge in [-0.1, -0.05) is 6.07 Å². The molecule has 2 aromatic heterocycles. The van der Waals surface area contributed by atoms with Gasteiger partial charge in [-0.05, 0) is 31.5 Å². The van der Waals surface area contributed by atoms with E-state index in [1.165, 1.54) is 12.3 Å². The van der Waals surface area contributed by atoms with Crippen molar-refractivity contribution in [2.75, 3.05) is 0 Å². The number of aryl methyl sites for hydroxylation is 2. The zero-order valence-corrected chi connectivity index (χ0v) is 10.0. The second kappa shape index (κ2) is 5.08. The highest BCUT2D eigenvalue weighted by Crippen LogP contribution is 2.22. The molecule has 0 spiro atoms. The maximum Gasteiger partial charge on any atom is 0.387 e. The summed E-state index contributed by atoms with van der Waals surface area (Å²) in [4.78, 5) is 8.25. The van der Waals surface area contributed by atoms with Crippen LogP contribution in [0.1, 0.15) is 11.3 Å². The zero-order chi connectivity index (χ0) is 13.1. The van der Waals surface area contributed by atoms with Gasteiger partial charge in [-0.25, -0.2) is 0 Å². The highest BCUT2D eigenvalue weighted by Gasteiger charge is 2.07. The Labute approximate surface area is 103 Å². The Morgan fingerprint density at radius 1 is 1.17 bits per heavy atom. The Hall–Kier alpha value is -2.04. The molecule has 0 fully saturated rings. The first kappa shape index (κ1) is 12.4. The van der Waals surface area contributed by atoms with Crippen LogP contribution in [0.2, 0.25) is 0 Å². The molecular formula is C13H12F2N2O. The fourth-order valence-electron chi connectivity index (χ4n) is 1.52. The number of ether oxygens (including phenoxy) is 1. The third-order valence-electron chi connectivity index (χ3n) is 2.58. The van der Waals surface area contributed by atoms with Gasteiger partial charge in [0.05, 0.1) is 11.9 Å². The van der Waals surface area contributed by atoms with Crippen LogP contribution < -0.4 is 4.74 Å². The number of hydrogen-bond donors (Lipinski definition) is 0. The summed E-state index contributed by atoms with van der Waals surface area (Å²) in [5.74, 6) is 0.0301. The SMILES string of the molecule is Cc1ccc(-c2cncc(OC(F)F)c2)nc1C. The van der Waals surface area contributed by atoms with Gasteiger partial charge in [-0.15, -0.1) is 0 Å². The number of pyridine rings is 2. The molecule has 0 aromatic carbocycles. The molecule has 0 saturated carbocycles. The lowest BCUT2D eigenvalue weighted by Crippen LogP contribution is -2.02. The highest BCUT2D eigenvalue weighted by atomic mass is 19.3. The van der Waals surface area contributed by atoms with Crippen molar-refractivity contribution >= 4 is 0 Å². The van der Waals surface area contributed by atoms with E-state index >= 15 is 0 Å². The van der Waals surface area contributed by atoms with E-state index in [2.05, 4.69) is 14.7 Å². The number of aromatic nitrogens is 2. The van der Waals surface area contributed by atoms with Crippen LogP contribution in [0.15, 0.2) is 30.6 Å². The van der Waals surface area contributed by atoms with E-state index in [1.54, 1.807) is 6.20 Å². The molecular weight excluding hydrogens is 238 g/mol. The van der Waals surface area contributed by atoms with Gasteiger partial charge in [0.25, 0.3) is 0 Å². The van der Waals surface area contributed by atoms with Crippen LogP contribution in [0.25, 0.3) is 11.3 Å². The maximum absolute atomic E-state index is 12.1. The standard InChI is InChI=1S/C13H12F2N2O/c1-8-3-4-12(17-9(8)2)10-5-11(7-16-6-10)18-13(14)15/h3-7,13H,1-2H3. The minimum absolute atomic E-state index is 0.0301. The quantitative estimate of drug-likeness (QED) is 0.837. The van der Waals surface area contributed by atoms with Gasteiger partial charge in [0, 0.05) is 17.5 Å². The number of halogens is 2. The highest BCUT2D eigenvalue weighted by molar-refractivity contribution is 5.60. The lowest BCUT2D eigenvalue weighted by molar-refractivity contribution is -0.0500. The van der Waals surface area contributed by atoms with Crippen LogP contribution >= 0.6 is 0 Å². The van der Waals surface area contributed by atoms with E-state index in [9.17, 15) is 8.78 Å². The van der Waals surface area contributed by atoms with Crippen molar-refractivity contribution < 1.29 is 13.5 Å². The third-order valence-corrected chi connectivity index (χ3v) is 2.58. The molecule has 0 atom stereocenters. The lowest BCUT2D eigenvalue weighted by atomic mass is 10.1. The van der Waals surface area contributed by atoms with Crippen LogP contribution in [-0.4, -0.2) is 16.6 Å². The molecule has 3 nitrogen and oxygen atoms in total.